The van der Waals surface area contributed by atoms with E-state index < -0.39 is 5.97 Å². The molecule has 0 aliphatic carbocycles. The maximum atomic E-state index is 11.9. The molecule has 8 nitrogen and oxygen atoms in total. The van der Waals surface area contributed by atoms with Gasteiger partial charge in [-0.1, -0.05) is 17.3 Å². The number of hydrogen-bond donors (Lipinski definition) is 0. The minimum absolute atomic E-state index is 0.151. The van der Waals surface area contributed by atoms with Crippen molar-refractivity contribution in [2.45, 2.75) is 13.5 Å². The average Bonchev–Trinajstić information content (AvgIpc) is 3.19. The molecule has 1 aromatic heterocycles. The van der Waals surface area contributed by atoms with Gasteiger partial charge in [0.2, 0.25) is 5.82 Å². The maximum Gasteiger partial charge on any atom is 0.344 e. The van der Waals surface area contributed by atoms with Crippen molar-refractivity contribution in [2.24, 2.45) is 0 Å². The van der Waals surface area contributed by atoms with E-state index in [2.05, 4.69) is 10.1 Å². The second-order valence-corrected chi connectivity index (χ2v) is 5.84. The Hall–Kier alpha value is -3.55. The average molecular weight is 384 g/mol. The molecular formula is C20H20N2O6. The second kappa shape index (κ2) is 8.90. The molecular weight excluding hydrogens is 364 g/mol. The van der Waals surface area contributed by atoms with Crippen LogP contribution in [0.4, 0.5) is 0 Å². The predicted molar refractivity (Wildman–Crippen MR) is 99.3 cm³/mol. The van der Waals surface area contributed by atoms with Crippen molar-refractivity contribution in [3.05, 3.63) is 53.9 Å². The zero-order valence-electron chi connectivity index (χ0n) is 15.8. The van der Waals surface area contributed by atoms with E-state index in [1.165, 1.54) is 7.11 Å². The monoisotopic (exact) mass is 384 g/mol. The van der Waals surface area contributed by atoms with E-state index >= 15 is 0 Å². The fourth-order valence-corrected chi connectivity index (χ4v) is 2.44. The van der Waals surface area contributed by atoms with Crippen molar-refractivity contribution in [2.75, 3.05) is 20.8 Å². The molecule has 0 aliphatic heterocycles. The minimum atomic E-state index is -0.539. The zero-order chi connectivity index (χ0) is 19.9. The summed E-state index contributed by atoms with van der Waals surface area (Å²) in [6, 6.07) is 12.6. The van der Waals surface area contributed by atoms with Gasteiger partial charge in [0.05, 0.1) is 19.8 Å². The molecule has 0 radical (unpaired) electrons. The number of methoxy groups -OCH3 is 2. The van der Waals surface area contributed by atoms with Crippen LogP contribution in [0.1, 0.15) is 11.5 Å². The van der Waals surface area contributed by atoms with E-state index in [-0.39, 0.29) is 19.1 Å². The molecule has 146 valence electrons. The molecule has 0 N–H and O–H groups in total. The van der Waals surface area contributed by atoms with Gasteiger partial charge in [0.15, 0.2) is 13.2 Å². The third kappa shape index (κ3) is 4.79. The van der Waals surface area contributed by atoms with Crippen molar-refractivity contribution >= 4 is 5.97 Å². The van der Waals surface area contributed by atoms with Gasteiger partial charge in [-0.3, -0.25) is 0 Å². The lowest BCUT2D eigenvalue weighted by atomic mass is 10.2. The Kier molecular flexibility index (Phi) is 6.11. The Morgan fingerprint density at radius 1 is 1.07 bits per heavy atom. The molecule has 28 heavy (non-hydrogen) atoms. The van der Waals surface area contributed by atoms with Gasteiger partial charge in [-0.25, -0.2) is 4.79 Å². The van der Waals surface area contributed by atoms with Crippen LogP contribution in [0.5, 0.6) is 17.2 Å². The quantitative estimate of drug-likeness (QED) is 0.547. The Balaban J connectivity index is 1.57. The highest BCUT2D eigenvalue weighted by atomic mass is 16.6. The summed E-state index contributed by atoms with van der Waals surface area (Å²) in [5, 5.41) is 3.90. The zero-order valence-corrected chi connectivity index (χ0v) is 15.8. The summed E-state index contributed by atoms with van der Waals surface area (Å²) < 4.78 is 26.1. The number of hydrogen-bond acceptors (Lipinski definition) is 8. The molecule has 0 fully saturated rings. The normalized spacial score (nSPS) is 10.4. The highest BCUT2D eigenvalue weighted by Crippen LogP contribution is 2.31. The summed E-state index contributed by atoms with van der Waals surface area (Å²) >= 11 is 0. The fourth-order valence-electron chi connectivity index (χ4n) is 2.44. The van der Waals surface area contributed by atoms with Gasteiger partial charge in [0.25, 0.3) is 5.89 Å². The SMILES string of the molecule is COc1ccc(-c2noc(COC(=O)COc3cccc(C)c3)n2)c(OC)c1. The number of carbonyl (C=O) groups is 1. The smallest absolute Gasteiger partial charge is 0.344 e. The van der Waals surface area contributed by atoms with Crippen LogP contribution in [-0.2, 0) is 16.1 Å². The molecule has 3 aromatic rings. The number of ether oxygens (including phenoxy) is 4. The maximum absolute atomic E-state index is 11.9. The molecule has 0 unspecified atom stereocenters. The van der Waals surface area contributed by atoms with Gasteiger partial charge in [0.1, 0.15) is 17.2 Å². The van der Waals surface area contributed by atoms with Crippen molar-refractivity contribution < 1.29 is 28.3 Å². The Morgan fingerprint density at radius 3 is 2.68 bits per heavy atom. The summed E-state index contributed by atoms with van der Waals surface area (Å²) in [4.78, 5) is 16.1. The van der Waals surface area contributed by atoms with Gasteiger partial charge in [-0.15, -0.1) is 0 Å². The standard InChI is InChI=1S/C20H20N2O6/c1-13-5-4-6-15(9-13)26-12-19(23)27-11-18-21-20(22-28-18)16-8-7-14(24-2)10-17(16)25-3/h4-10H,11-12H2,1-3H3. The lowest BCUT2D eigenvalue weighted by Crippen LogP contribution is -2.14. The second-order valence-electron chi connectivity index (χ2n) is 5.84. The van der Waals surface area contributed by atoms with Crippen LogP contribution in [0.25, 0.3) is 11.4 Å². The molecule has 8 heteroatoms. The Labute approximate surface area is 162 Å². The van der Waals surface area contributed by atoms with Crippen LogP contribution in [0, 0.1) is 6.92 Å². The van der Waals surface area contributed by atoms with Gasteiger partial charge in [0, 0.05) is 6.07 Å². The van der Waals surface area contributed by atoms with Gasteiger partial charge < -0.3 is 23.5 Å². The summed E-state index contributed by atoms with van der Waals surface area (Å²) in [5.41, 5.74) is 1.67. The van der Waals surface area contributed by atoms with Crippen molar-refractivity contribution in [3.63, 3.8) is 0 Å². The lowest BCUT2D eigenvalue weighted by molar-refractivity contribution is -0.148. The van der Waals surface area contributed by atoms with E-state index in [1.807, 2.05) is 25.1 Å². The van der Waals surface area contributed by atoms with Crippen LogP contribution >= 0.6 is 0 Å². The van der Waals surface area contributed by atoms with Crippen LogP contribution in [0.2, 0.25) is 0 Å². The van der Waals surface area contributed by atoms with Crippen LogP contribution in [0.3, 0.4) is 0 Å². The number of esters is 1. The molecule has 0 saturated heterocycles. The van der Waals surface area contributed by atoms with E-state index in [1.54, 1.807) is 31.4 Å². The summed E-state index contributed by atoms with van der Waals surface area (Å²) in [6.07, 6.45) is 0. The molecule has 0 spiro atoms. The number of aromatic nitrogens is 2. The van der Waals surface area contributed by atoms with Crippen LogP contribution in [-0.4, -0.2) is 36.9 Å². The first kappa shape index (κ1) is 19.2. The van der Waals surface area contributed by atoms with Crippen molar-refractivity contribution in [1.82, 2.24) is 10.1 Å². The van der Waals surface area contributed by atoms with Gasteiger partial charge >= 0.3 is 5.97 Å². The van der Waals surface area contributed by atoms with Crippen molar-refractivity contribution in [3.8, 4) is 28.6 Å². The molecule has 0 saturated carbocycles. The van der Waals surface area contributed by atoms with Crippen molar-refractivity contribution in [1.29, 1.82) is 0 Å². The number of rotatable bonds is 8. The van der Waals surface area contributed by atoms with Gasteiger partial charge in [-0.05, 0) is 36.8 Å². The first-order valence-electron chi connectivity index (χ1n) is 8.49. The first-order valence-corrected chi connectivity index (χ1v) is 8.49. The van der Waals surface area contributed by atoms with Crippen LogP contribution < -0.4 is 14.2 Å². The lowest BCUT2D eigenvalue weighted by Gasteiger charge is -2.07. The predicted octanol–water partition coefficient (Wildman–Crippen LogP) is 3.18. The number of nitrogens with zero attached hydrogens (tertiary/aromatic N) is 2. The first-order chi connectivity index (χ1) is 13.6. The Bertz CT molecular complexity index is 953. The molecule has 1 heterocycles. The van der Waals surface area contributed by atoms with E-state index in [4.69, 9.17) is 23.5 Å². The third-order valence-electron chi connectivity index (χ3n) is 3.82. The largest absolute Gasteiger partial charge is 0.497 e. The molecule has 2 aromatic carbocycles. The van der Waals surface area contributed by atoms with Crippen LogP contribution in [0.15, 0.2) is 47.0 Å². The summed E-state index contributed by atoms with van der Waals surface area (Å²) in [6.45, 7) is 1.58. The molecule has 0 aliphatic rings. The number of aryl methyl sites for hydroxylation is 1. The third-order valence-corrected chi connectivity index (χ3v) is 3.82. The molecule has 0 bridgehead atoms. The van der Waals surface area contributed by atoms with E-state index in [0.29, 0.717) is 28.6 Å². The number of carbonyl (C=O) groups excluding carboxylic acids is 1. The molecule has 3 rings (SSSR count). The highest BCUT2D eigenvalue weighted by Gasteiger charge is 2.15. The highest BCUT2D eigenvalue weighted by molar-refractivity contribution is 5.71. The van der Waals surface area contributed by atoms with E-state index in [9.17, 15) is 4.79 Å². The minimum Gasteiger partial charge on any atom is -0.497 e. The molecule has 0 atom stereocenters. The summed E-state index contributed by atoms with van der Waals surface area (Å²) in [7, 11) is 3.10. The molecule has 0 amide bonds. The number of benzene rings is 2. The Morgan fingerprint density at radius 2 is 1.93 bits per heavy atom. The fraction of sp³-hybridized carbons (Fsp3) is 0.250. The van der Waals surface area contributed by atoms with Gasteiger partial charge in [-0.2, -0.15) is 4.98 Å². The topological polar surface area (TPSA) is 92.9 Å². The van der Waals surface area contributed by atoms with E-state index in [0.717, 1.165) is 5.56 Å². The summed E-state index contributed by atoms with van der Waals surface area (Å²) in [5.74, 6) is 1.73.